The Balaban J connectivity index is 1.48. The summed E-state index contributed by atoms with van der Waals surface area (Å²) in [6, 6.07) is 6.03. The summed E-state index contributed by atoms with van der Waals surface area (Å²) in [6.07, 6.45) is 2.40. The lowest BCUT2D eigenvalue weighted by atomic mass is 10.1. The van der Waals surface area contributed by atoms with Gasteiger partial charge in [-0.05, 0) is 49.9 Å². The molecule has 1 aliphatic carbocycles. The summed E-state index contributed by atoms with van der Waals surface area (Å²) >= 11 is 3.04. The molecule has 0 aliphatic heterocycles. The van der Waals surface area contributed by atoms with Crippen LogP contribution in [0.15, 0.2) is 28.7 Å². The number of aromatic amines is 1. The first kappa shape index (κ1) is 18.2. The number of carbonyl (C=O) groups is 1. The maximum Gasteiger partial charge on any atom is 0.230 e. The molecular weight excluding hydrogens is 378 g/mol. The summed E-state index contributed by atoms with van der Waals surface area (Å²) in [5, 5.41) is 10.7. The number of rotatable bonds is 6. The molecule has 1 aromatic carbocycles. The number of nitrogens with zero attached hydrogens (tertiary/aromatic N) is 4. The van der Waals surface area contributed by atoms with E-state index in [1.807, 2.05) is 30.5 Å². The van der Waals surface area contributed by atoms with E-state index in [1.165, 1.54) is 29.7 Å². The summed E-state index contributed by atoms with van der Waals surface area (Å²) in [5.41, 5.74) is 4.13. The minimum atomic E-state index is -0.0464. The van der Waals surface area contributed by atoms with E-state index in [1.54, 1.807) is 23.6 Å². The van der Waals surface area contributed by atoms with Gasteiger partial charge in [0, 0.05) is 24.0 Å². The highest BCUT2D eigenvalue weighted by atomic mass is 32.2. The Labute approximate surface area is 166 Å². The van der Waals surface area contributed by atoms with E-state index in [4.69, 9.17) is 0 Å². The fraction of sp³-hybridized carbons (Fsp3) is 0.368. The molecular formula is C19H21N5OS2. The van der Waals surface area contributed by atoms with E-state index in [9.17, 15) is 4.79 Å². The van der Waals surface area contributed by atoms with Gasteiger partial charge in [-0.1, -0.05) is 17.8 Å². The summed E-state index contributed by atoms with van der Waals surface area (Å²) < 4.78 is 0. The van der Waals surface area contributed by atoms with Crippen molar-refractivity contribution in [2.75, 3.05) is 4.90 Å². The van der Waals surface area contributed by atoms with E-state index in [-0.39, 0.29) is 5.91 Å². The monoisotopic (exact) mass is 399 g/mol. The molecule has 0 bridgehead atoms. The van der Waals surface area contributed by atoms with Crippen LogP contribution in [0.25, 0.3) is 0 Å². The van der Waals surface area contributed by atoms with Crippen LogP contribution < -0.4 is 4.90 Å². The number of thiazole rings is 1. The van der Waals surface area contributed by atoms with Crippen molar-refractivity contribution in [3.63, 3.8) is 0 Å². The first-order valence-corrected chi connectivity index (χ1v) is 10.7. The number of aromatic nitrogens is 4. The molecule has 1 amide bonds. The third-order valence-corrected chi connectivity index (χ3v) is 6.35. The number of hydrogen-bond donors (Lipinski definition) is 1. The number of amides is 1. The molecule has 1 N–H and O–H groups in total. The Hall–Kier alpha value is -2.19. The molecule has 1 aliphatic rings. The van der Waals surface area contributed by atoms with Gasteiger partial charge in [0.1, 0.15) is 5.82 Å². The molecule has 1 saturated carbocycles. The van der Waals surface area contributed by atoms with Crippen LogP contribution in [0.2, 0.25) is 0 Å². The van der Waals surface area contributed by atoms with Crippen molar-refractivity contribution in [1.29, 1.82) is 0 Å². The number of thioether (sulfide) groups is 1. The molecule has 8 heteroatoms. The Bertz CT molecular complexity index is 976. The van der Waals surface area contributed by atoms with Gasteiger partial charge in [0.05, 0.1) is 11.4 Å². The van der Waals surface area contributed by atoms with Crippen LogP contribution in [-0.2, 0) is 10.5 Å². The average molecular weight is 400 g/mol. The second-order valence-electron chi connectivity index (χ2n) is 6.81. The van der Waals surface area contributed by atoms with Gasteiger partial charge >= 0.3 is 0 Å². The average Bonchev–Trinajstić information content (AvgIpc) is 3.20. The Kier molecular flexibility index (Phi) is 5.01. The van der Waals surface area contributed by atoms with Crippen LogP contribution in [0.4, 0.5) is 10.8 Å². The van der Waals surface area contributed by atoms with E-state index >= 15 is 0 Å². The number of carbonyl (C=O) groups excluding carboxylic acids is 1. The number of hydrogen-bond acceptors (Lipinski definition) is 6. The lowest BCUT2D eigenvalue weighted by Crippen LogP contribution is -2.22. The molecule has 3 aromatic rings. The fourth-order valence-corrected chi connectivity index (χ4v) is 4.45. The summed E-state index contributed by atoms with van der Waals surface area (Å²) in [6.45, 7) is 5.68. The Morgan fingerprint density at radius 2 is 2.11 bits per heavy atom. The lowest BCUT2D eigenvalue weighted by molar-refractivity contribution is -0.115. The van der Waals surface area contributed by atoms with Gasteiger partial charge in [0.2, 0.25) is 11.1 Å². The molecule has 4 rings (SSSR count). The highest BCUT2D eigenvalue weighted by Crippen LogP contribution is 2.38. The molecule has 140 valence electrons. The molecule has 2 aromatic heterocycles. The van der Waals surface area contributed by atoms with Crippen molar-refractivity contribution in [3.05, 3.63) is 46.2 Å². The van der Waals surface area contributed by atoms with Gasteiger partial charge in [-0.25, -0.2) is 9.97 Å². The summed E-state index contributed by atoms with van der Waals surface area (Å²) in [7, 11) is 0. The summed E-state index contributed by atoms with van der Waals surface area (Å²) in [5.74, 6) is 2.19. The first-order valence-electron chi connectivity index (χ1n) is 8.88. The molecule has 0 radical (unpaired) electrons. The van der Waals surface area contributed by atoms with Crippen LogP contribution in [0.5, 0.6) is 0 Å². The molecule has 0 atom stereocenters. The highest BCUT2D eigenvalue weighted by Gasteiger charge is 2.27. The van der Waals surface area contributed by atoms with Gasteiger partial charge in [-0.2, -0.15) is 0 Å². The maximum atomic E-state index is 12.3. The maximum absolute atomic E-state index is 12.3. The van der Waals surface area contributed by atoms with Crippen molar-refractivity contribution < 1.29 is 4.79 Å². The zero-order valence-corrected chi connectivity index (χ0v) is 17.2. The summed E-state index contributed by atoms with van der Waals surface area (Å²) in [4.78, 5) is 23.1. The van der Waals surface area contributed by atoms with Crippen LogP contribution in [0.1, 0.15) is 48.3 Å². The lowest BCUT2D eigenvalue weighted by Gasteiger charge is -2.19. The third-order valence-electron chi connectivity index (χ3n) is 4.59. The number of anilines is 2. The molecule has 0 saturated heterocycles. The molecule has 1 fully saturated rings. The van der Waals surface area contributed by atoms with Crippen LogP contribution in [0.3, 0.4) is 0 Å². The van der Waals surface area contributed by atoms with Crippen LogP contribution in [0, 0.1) is 13.8 Å². The van der Waals surface area contributed by atoms with Crippen molar-refractivity contribution in [1.82, 2.24) is 20.2 Å². The number of aryl methyl sites for hydroxylation is 2. The third kappa shape index (κ3) is 4.06. The Morgan fingerprint density at radius 3 is 2.81 bits per heavy atom. The molecule has 2 heterocycles. The number of nitrogens with one attached hydrogen (secondary N) is 1. The van der Waals surface area contributed by atoms with Gasteiger partial charge < -0.3 is 0 Å². The minimum absolute atomic E-state index is 0.0464. The number of benzene rings is 1. The molecule has 0 spiro atoms. The van der Waals surface area contributed by atoms with Gasteiger partial charge in [0.25, 0.3) is 0 Å². The standard InChI is InChI=1S/C19H21N5OS2/c1-11-4-7-16(8-12(11)2)24(13(3)25)19-20-15(10-27-19)9-26-18-21-17(22-23-18)14-5-6-14/h4,7-8,10,14H,5-6,9H2,1-3H3,(H,21,22,23). The van der Waals surface area contributed by atoms with E-state index in [0.29, 0.717) is 16.8 Å². The quantitative estimate of drug-likeness (QED) is 0.606. The topological polar surface area (TPSA) is 74.8 Å². The van der Waals surface area contributed by atoms with E-state index < -0.39 is 0 Å². The second-order valence-corrected chi connectivity index (χ2v) is 8.59. The smallest absolute Gasteiger partial charge is 0.230 e. The normalized spacial score (nSPS) is 13.7. The predicted molar refractivity (Wildman–Crippen MR) is 109 cm³/mol. The second kappa shape index (κ2) is 7.44. The van der Waals surface area contributed by atoms with E-state index in [2.05, 4.69) is 27.1 Å². The fourth-order valence-electron chi connectivity index (χ4n) is 2.76. The van der Waals surface area contributed by atoms with Gasteiger partial charge in [-0.3, -0.25) is 14.8 Å². The molecule has 6 nitrogen and oxygen atoms in total. The number of H-pyrrole nitrogens is 1. The first-order chi connectivity index (χ1) is 13.0. The zero-order chi connectivity index (χ0) is 19.0. The Morgan fingerprint density at radius 1 is 1.30 bits per heavy atom. The molecule has 27 heavy (non-hydrogen) atoms. The van der Waals surface area contributed by atoms with Gasteiger partial charge in [-0.15, -0.1) is 16.4 Å². The van der Waals surface area contributed by atoms with E-state index in [0.717, 1.165) is 27.9 Å². The van der Waals surface area contributed by atoms with Crippen molar-refractivity contribution in [2.45, 2.75) is 50.4 Å². The SMILES string of the molecule is CC(=O)N(c1ccc(C)c(C)c1)c1nc(CSc2n[nH]c(C3CC3)n2)cs1. The highest BCUT2D eigenvalue weighted by molar-refractivity contribution is 7.98. The minimum Gasteiger partial charge on any atom is -0.274 e. The van der Waals surface area contributed by atoms with Crippen molar-refractivity contribution >= 4 is 39.8 Å². The van der Waals surface area contributed by atoms with Gasteiger partial charge in [0.15, 0.2) is 5.13 Å². The largest absolute Gasteiger partial charge is 0.274 e. The zero-order valence-electron chi connectivity index (χ0n) is 15.5. The van der Waals surface area contributed by atoms with Crippen LogP contribution in [-0.4, -0.2) is 26.1 Å². The van der Waals surface area contributed by atoms with Crippen molar-refractivity contribution in [2.24, 2.45) is 0 Å². The van der Waals surface area contributed by atoms with Crippen molar-refractivity contribution in [3.8, 4) is 0 Å². The molecule has 0 unspecified atom stereocenters. The van der Waals surface area contributed by atoms with Crippen LogP contribution >= 0.6 is 23.1 Å². The predicted octanol–water partition coefficient (Wildman–Crippen LogP) is 4.73.